The van der Waals surface area contributed by atoms with E-state index in [1.54, 1.807) is 0 Å². The standard InChI is InChI=1S/C14H22F2O5/c1-5-11(21-12(17)10(2)3)14(15,16)13(18)20-9-7-6-8-19-4/h11H,2,5-9H2,1,3-4H3. The second-order valence-corrected chi connectivity index (χ2v) is 4.54. The van der Waals surface area contributed by atoms with Crippen LogP contribution in [0, 0.1) is 0 Å². The van der Waals surface area contributed by atoms with Crippen LogP contribution in [0.25, 0.3) is 0 Å². The molecule has 0 radical (unpaired) electrons. The summed E-state index contributed by atoms with van der Waals surface area (Å²) in [5.41, 5.74) is -0.0165. The molecule has 0 aromatic rings. The quantitative estimate of drug-likeness (QED) is 0.352. The Labute approximate surface area is 123 Å². The number of carbonyl (C=O) groups excluding carboxylic acids is 2. The first kappa shape index (κ1) is 19.5. The highest BCUT2D eigenvalue weighted by Gasteiger charge is 2.50. The SMILES string of the molecule is C=C(C)C(=O)OC(CC)C(F)(F)C(=O)OCCCCOC. The lowest BCUT2D eigenvalue weighted by Crippen LogP contribution is -2.45. The van der Waals surface area contributed by atoms with Crippen LogP contribution in [0.5, 0.6) is 0 Å². The van der Waals surface area contributed by atoms with Crippen LogP contribution in [-0.2, 0) is 23.8 Å². The van der Waals surface area contributed by atoms with Gasteiger partial charge in [-0.15, -0.1) is 0 Å². The fraction of sp³-hybridized carbons (Fsp3) is 0.714. The molecule has 0 fully saturated rings. The summed E-state index contributed by atoms with van der Waals surface area (Å²) >= 11 is 0. The van der Waals surface area contributed by atoms with Crippen LogP contribution in [0.4, 0.5) is 8.78 Å². The van der Waals surface area contributed by atoms with E-state index >= 15 is 0 Å². The van der Waals surface area contributed by atoms with Crippen LogP contribution < -0.4 is 0 Å². The van der Waals surface area contributed by atoms with Gasteiger partial charge in [0, 0.05) is 19.3 Å². The monoisotopic (exact) mass is 308 g/mol. The third kappa shape index (κ3) is 6.66. The summed E-state index contributed by atoms with van der Waals surface area (Å²) in [7, 11) is 1.52. The maximum Gasteiger partial charge on any atom is 0.381 e. The first-order chi connectivity index (χ1) is 9.77. The number of unbranched alkanes of at least 4 members (excludes halogenated alkanes) is 1. The van der Waals surface area contributed by atoms with Crippen LogP contribution in [-0.4, -0.2) is 44.3 Å². The fourth-order valence-corrected chi connectivity index (χ4v) is 1.38. The smallest absolute Gasteiger partial charge is 0.381 e. The van der Waals surface area contributed by atoms with E-state index in [9.17, 15) is 18.4 Å². The number of rotatable bonds is 10. The fourth-order valence-electron chi connectivity index (χ4n) is 1.38. The molecule has 0 aliphatic heterocycles. The van der Waals surface area contributed by atoms with Gasteiger partial charge in [0.15, 0.2) is 6.10 Å². The molecule has 0 aromatic heterocycles. The number of halogens is 2. The molecule has 0 rings (SSSR count). The van der Waals surface area contributed by atoms with E-state index in [-0.39, 0.29) is 18.6 Å². The summed E-state index contributed by atoms with van der Waals surface area (Å²) in [6, 6.07) is 0. The summed E-state index contributed by atoms with van der Waals surface area (Å²) in [6.45, 7) is 6.34. The molecule has 0 spiro atoms. The molecular weight excluding hydrogens is 286 g/mol. The van der Waals surface area contributed by atoms with Crippen LogP contribution in [0.15, 0.2) is 12.2 Å². The van der Waals surface area contributed by atoms with E-state index in [4.69, 9.17) is 4.74 Å². The van der Waals surface area contributed by atoms with Crippen molar-refractivity contribution in [2.75, 3.05) is 20.3 Å². The Morgan fingerprint density at radius 1 is 1.24 bits per heavy atom. The molecule has 0 aliphatic carbocycles. The molecular formula is C14H22F2O5. The van der Waals surface area contributed by atoms with E-state index in [2.05, 4.69) is 16.1 Å². The van der Waals surface area contributed by atoms with E-state index < -0.39 is 24.0 Å². The Morgan fingerprint density at radius 2 is 1.81 bits per heavy atom. The van der Waals surface area contributed by atoms with Gasteiger partial charge in [-0.2, -0.15) is 8.78 Å². The number of ether oxygens (including phenoxy) is 3. The van der Waals surface area contributed by atoms with Gasteiger partial charge in [0.05, 0.1) is 6.61 Å². The Hall–Kier alpha value is -1.50. The molecule has 0 aliphatic rings. The Morgan fingerprint density at radius 3 is 2.29 bits per heavy atom. The normalized spacial score (nSPS) is 12.6. The van der Waals surface area contributed by atoms with Crippen molar-refractivity contribution in [2.24, 2.45) is 0 Å². The predicted molar refractivity (Wildman–Crippen MR) is 72.0 cm³/mol. The number of methoxy groups -OCH3 is 1. The van der Waals surface area contributed by atoms with Gasteiger partial charge in [0.25, 0.3) is 0 Å². The predicted octanol–water partition coefficient (Wildman–Crippen LogP) is 2.49. The number of hydrogen-bond donors (Lipinski definition) is 0. The van der Waals surface area contributed by atoms with Crippen molar-refractivity contribution in [3.05, 3.63) is 12.2 Å². The number of hydrogen-bond acceptors (Lipinski definition) is 5. The van der Waals surface area contributed by atoms with Crippen LogP contribution in [0.2, 0.25) is 0 Å². The van der Waals surface area contributed by atoms with Crippen molar-refractivity contribution in [1.82, 2.24) is 0 Å². The molecule has 5 nitrogen and oxygen atoms in total. The first-order valence-electron chi connectivity index (χ1n) is 6.67. The lowest BCUT2D eigenvalue weighted by molar-refractivity contribution is -0.197. The average molecular weight is 308 g/mol. The highest BCUT2D eigenvalue weighted by Crippen LogP contribution is 2.26. The van der Waals surface area contributed by atoms with Gasteiger partial charge in [-0.05, 0) is 26.2 Å². The van der Waals surface area contributed by atoms with Gasteiger partial charge < -0.3 is 14.2 Å². The maximum absolute atomic E-state index is 13.9. The molecule has 0 bridgehead atoms. The van der Waals surface area contributed by atoms with Crippen LogP contribution in [0.3, 0.4) is 0 Å². The summed E-state index contributed by atoms with van der Waals surface area (Å²) in [5, 5.41) is 0. The summed E-state index contributed by atoms with van der Waals surface area (Å²) in [6.07, 6.45) is -1.08. The van der Waals surface area contributed by atoms with Gasteiger partial charge in [0.1, 0.15) is 0 Å². The summed E-state index contributed by atoms with van der Waals surface area (Å²) in [4.78, 5) is 22.7. The van der Waals surface area contributed by atoms with Gasteiger partial charge in [-0.25, -0.2) is 9.59 Å². The van der Waals surface area contributed by atoms with Crippen LogP contribution >= 0.6 is 0 Å². The van der Waals surface area contributed by atoms with Crippen LogP contribution in [0.1, 0.15) is 33.1 Å². The Kier molecular flexibility index (Phi) is 8.76. The molecule has 1 unspecified atom stereocenters. The molecule has 0 amide bonds. The minimum atomic E-state index is -3.89. The largest absolute Gasteiger partial charge is 0.461 e. The second kappa shape index (κ2) is 9.44. The molecule has 0 aromatic carbocycles. The van der Waals surface area contributed by atoms with Crippen molar-refractivity contribution in [3.8, 4) is 0 Å². The zero-order valence-electron chi connectivity index (χ0n) is 12.6. The van der Waals surface area contributed by atoms with E-state index in [1.807, 2.05) is 0 Å². The van der Waals surface area contributed by atoms with Crippen molar-refractivity contribution < 1.29 is 32.6 Å². The second-order valence-electron chi connectivity index (χ2n) is 4.54. The number of esters is 2. The molecule has 122 valence electrons. The molecule has 0 N–H and O–H groups in total. The topological polar surface area (TPSA) is 61.8 Å². The van der Waals surface area contributed by atoms with Crippen molar-refractivity contribution in [1.29, 1.82) is 0 Å². The van der Waals surface area contributed by atoms with Gasteiger partial charge >= 0.3 is 17.9 Å². The molecule has 0 heterocycles. The van der Waals surface area contributed by atoms with Crippen molar-refractivity contribution in [3.63, 3.8) is 0 Å². The third-order valence-electron chi connectivity index (χ3n) is 2.62. The number of alkyl halides is 2. The van der Waals surface area contributed by atoms with Gasteiger partial charge in [-0.1, -0.05) is 13.5 Å². The molecule has 21 heavy (non-hydrogen) atoms. The minimum Gasteiger partial charge on any atom is -0.461 e. The third-order valence-corrected chi connectivity index (χ3v) is 2.62. The lowest BCUT2D eigenvalue weighted by Gasteiger charge is -2.24. The van der Waals surface area contributed by atoms with Crippen molar-refractivity contribution in [2.45, 2.75) is 45.1 Å². The van der Waals surface area contributed by atoms with E-state index in [0.717, 1.165) is 0 Å². The van der Waals surface area contributed by atoms with E-state index in [0.29, 0.717) is 19.4 Å². The molecule has 1 atom stereocenters. The van der Waals surface area contributed by atoms with Crippen molar-refractivity contribution >= 4 is 11.9 Å². The zero-order chi connectivity index (χ0) is 16.5. The lowest BCUT2D eigenvalue weighted by atomic mass is 10.1. The summed E-state index contributed by atoms with van der Waals surface area (Å²) < 4.78 is 41.6. The molecule has 0 saturated heterocycles. The zero-order valence-corrected chi connectivity index (χ0v) is 12.6. The van der Waals surface area contributed by atoms with E-state index in [1.165, 1.54) is 21.0 Å². The Bertz CT molecular complexity index is 368. The average Bonchev–Trinajstić information content (AvgIpc) is 2.43. The summed E-state index contributed by atoms with van der Waals surface area (Å²) in [5.74, 6) is -6.54. The highest BCUT2D eigenvalue weighted by atomic mass is 19.3. The minimum absolute atomic E-state index is 0.0165. The Balaban J connectivity index is 4.48. The number of carbonyl (C=O) groups is 2. The molecule has 7 heteroatoms. The van der Waals surface area contributed by atoms with Gasteiger partial charge in [0.2, 0.25) is 0 Å². The molecule has 0 saturated carbocycles. The first-order valence-corrected chi connectivity index (χ1v) is 6.67. The van der Waals surface area contributed by atoms with Gasteiger partial charge in [-0.3, -0.25) is 0 Å². The highest BCUT2D eigenvalue weighted by molar-refractivity contribution is 5.87. The maximum atomic E-state index is 13.9.